The monoisotopic (exact) mass is 154 g/mol. The van der Waals surface area contributed by atoms with E-state index in [4.69, 9.17) is 16.7 Å². The molecule has 0 unspecified atom stereocenters. The van der Waals surface area contributed by atoms with Crippen molar-refractivity contribution >= 4 is 24.9 Å². The van der Waals surface area contributed by atoms with Crippen molar-refractivity contribution in [1.29, 1.82) is 0 Å². The van der Waals surface area contributed by atoms with Crippen LogP contribution < -0.4 is 5.46 Å². The van der Waals surface area contributed by atoms with Crippen LogP contribution in [-0.4, -0.2) is 13.0 Å². The van der Waals surface area contributed by atoms with E-state index in [-0.39, 0.29) is 6.61 Å². The van der Waals surface area contributed by atoms with Crippen molar-refractivity contribution in [3.63, 3.8) is 0 Å². The lowest BCUT2D eigenvalue weighted by molar-refractivity contribution is 0.283. The number of aliphatic hydroxyl groups is 1. The molecule has 1 N–H and O–H groups in total. The van der Waals surface area contributed by atoms with Gasteiger partial charge in [0.1, 0.15) is 7.85 Å². The third-order valence-corrected chi connectivity index (χ3v) is 1.72. The van der Waals surface area contributed by atoms with Gasteiger partial charge in [-0.2, -0.15) is 0 Å². The van der Waals surface area contributed by atoms with E-state index in [1.54, 1.807) is 6.07 Å². The van der Waals surface area contributed by atoms with E-state index in [1.165, 1.54) is 0 Å². The summed E-state index contributed by atoms with van der Waals surface area (Å²) in [5.74, 6) is 0. The highest BCUT2D eigenvalue weighted by Crippen LogP contribution is 2.07. The van der Waals surface area contributed by atoms with Gasteiger partial charge in [0.2, 0.25) is 0 Å². The van der Waals surface area contributed by atoms with Gasteiger partial charge in [0.25, 0.3) is 0 Å². The van der Waals surface area contributed by atoms with Crippen molar-refractivity contribution < 1.29 is 5.11 Å². The van der Waals surface area contributed by atoms with Crippen LogP contribution in [0.25, 0.3) is 0 Å². The molecule has 0 amide bonds. The number of hydrogen-bond donors (Lipinski definition) is 1. The molecule has 0 atom stereocenters. The van der Waals surface area contributed by atoms with Gasteiger partial charge in [0.05, 0.1) is 6.61 Å². The lowest BCUT2D eigenvalue weighted by Crippen LogP contribution is -2.09. The molecule has 0 bridgehead atoms. The van der Waals surface area contributed by atoms with Crippen LogP contribution in [0.3, 0.4) is 0 Å². The second-order valence-electron chi connectivity index (χ2n) is 2.23. The van der Waals surface area contributed by atoms with Crippen LogP contribution in [0.15, 0.2) is 18.2 Å². The summed E-state index contributed by atoms with van der Waals surface area (Å²) in [5, 5.41) is 9.46. The predicted molar refractivity (Wildman–Crippen MR) is 45.6 cm³/mol. The SMILES string of the molecule is Bc1ccc(Cl)cc1CO. The highest BCUT2D eigenvalue weighted by atomic mass is 35.5. The van der Waals surface area contributed by atoms with Crippen molar-refractivity contribution in [3.05, 3.63) is 28.8 Å². The van der Waals surface area contributed by atoms with E-state index in [0.29, 0.717) is 5.02 Å². The van der Waals surface area contributed by atoms with E-state index < -0.39 is 0 Å². The topological polar surface area (TPSA) is 20.2 Å². The summed E-state index contributed by atoms with van der Waals surface area (Å²) in [5.41, 5.74) is 1.97. The molecule has 1 rings (SSSR count). The summed E-state index contributed by atoms with van der Waals surface area (Å²) in [7, 11) is 1.95. The van der Waals surface area contributed by atoms with E-state index >= 15 is 0 Å². The minimum atomic E-state index is 0.0619. The molecule has 0 saturated heterocycles. The van der Waals surface area contributed by atoms with Gasteiger partial charge in [-0.3, -0.25) is 0 Å². The van der Waals surface area contributed by atoms with E-state index in [0.717, 1.165) is 11.0 Å². The molecule has 0 aliphatic carbocycles. The molecule has 0 heterocycles. The minimum Gasteiger partial charge on any atom is -0.392 e. The molecule has 0 spiro atoms. The van der Waals surface area contributed by atoms with Gasteiger partial charge < -0.3 is 5.11 Å². The van der Waals surface area contributed by atoms with E-state index in [2.05, 4.69) is 0 Å². The molecule has 1 aromatic rings. The first-order valence-electron chi connectivity index (χ1n) is 3.10. The van der Waals surface area contributed by atoms with Crippen molar-refractivity contribution in [2.75, 3.05) is 0 Å². The summed E-state index contributed by atoms with van der Waals surface area (Å²) in [6.07, 6.45) is 0. The van der Waals surface area contributed by atoms with Crippen LogP contribution >= 0.6 is 11.6 Å². The van der Waals surface area contributed by atoms with Gasteiger partial charge in [0, 0.05) is 5.02 Å². The largest absolute Gasteiger partial charge is 0.392 e. The van der Waals surface area contributed by atoms with Crippen molar-refractivity contribution in [1.82, 2.24) is 0 Å². The summed E-state index contributed by atoms with van der Waals surface area (Å²) in [4.78, 5) is 0. The Hall–Kier alpha value is -0.465. The van der Waals surface area contributed by atoms with E-state index in [1.807, 2.05) is 20.0 Å². The van der Waals surface area contributed by atoms with Gasteiger partial charge in [-0.1, -0.05) is 23.1 Å². The summed E-state index contributed by atoms with van der Waals surface area (Å²) in [6.45, 7) is 0.0619. The first-order valence-corrected chi connectivity index (χ1v) is 3.47. The van der Waals surface area contributed by atoms with Crippen LogP contribution in [0.2, 0.25) is 5.02 Å². The van der Waals surface area contributed by atoms with Gasteiger partial charge in [0.15, 0.2) is 0 Å². The van der Waals surface area contributed by atoms with Crippen LogP contribution in [0.1, 0.15) is 5.56 Å². The maximum Gasteiger partial charge on any atom is 0.139 e. The van der Waals surface area contributed by atoms with Crippen LogP contribution in [0.5, 0.6) is 0 Å². The van der Waals surface area contributed by atoms with Crippen LogP contribution in [0, 0.1) is 0 Å². The minimum absolute atomic E-state index is 0.0619. The van der Waals surface area contributed by atoms with Crippen LogP contribution in [-0.2, 0) is 6.61 Å². The number of aliphatic hydroxyl groups excluding tert-OH is 1. The second-order valence-corrected chi connectivity index (χ2v) is 2.67. The summed E-state index contributed by atoms with van der Waals surface area (Å²) >= 11 is 5.68. The number of benzene rings is 1. The predicted octanol–water partition coefficient (Wildman–Crippen LogP) is 0.0907. The molecule has 0 aliphatic heterocycles. The maximum absolute atomic E-state index is 8.78. The zero-order valence-electron chi connectivity index (χ0n) is 5.76. The van der Waals surface area contributed by atoms with Gasteiger partial charge in [-0.15, -0.1) is 0 Å². The van der Waals surface area contributed by atoms with Gasteiger partial charge in [-0.05, 0) is 17.7 Å². The quantitative estimate of drug-likeness (QED) is 0.569. The number of hydrogen-bond acceptors (Lipinski definition) is 1. The van der Waals surface area contributed by atoms with E-state index in [9.17, 15) is 0 Å². The fourth-order valence-electron chi connectivity index (χ4n) is 0.810. The molecule has 1 aromatic carbocycles. The fraction of sp³-hybridized carbons (Fsp3) is 0.143. The molecule has 10 heavy (non-hydrogen) atoms. The number of rotatable bonds is 1. The smallest absolute Gasteiger partial charge is 0.139 e. The molecule has 0 fully saturated rings. The first-order chi connectivity index (χ1) is 4.74. The van der Waals surface area contributed by atoms with Crippen LogP contribution in [0.4, 0.5) is 0 Å². The molecule has 3 heteroatoms. The van der Waals surface area contributed by atoms with Crippen molar-refractivity contribution in [3.8, 4) is 0 Å². The Bertz CT molecular complexity index is 237. The Balaban J connectivity index is 3.09. The first kappa shape index (κ1) is 7.64. The summed E-state index contributed by atoms with van der Waals surface area (Å²) in [6, 6.07) is 5.49. The Labute approximate surface area is 66.0 Å². The molecular weight excluding hydrogens is 146 g/mol. The van der Waals surface area contributed by atoms with Crippen molar-refractivity contribution in [2.45, 2.75) is 6.61 Å². The molecule has 0 aliphatic rings. The molecule has 52 valence electrons. The lowest BCUT2D eigenvalue weighted by Gasteiger charge is -2.00. The summed E-state index contributed by atoms with van der Waals surface area (Å²) < 4.78 is 0. The maximum atomic E-state index is 8.78. The number of halogens is 1. The Morgan fingerprint density at radius 2 is 2.20 bits per heavy atom. The second kappa shape index (κ2) is 3.08. The zero-order chi connectivity index (χ0) is 7.56. The third-order valence-electron chi connectivity index (χ3n) is 1.48. The van der Waals surface area contributed by atoms with Gasteiger partial charge in [-0.25, -0.2) is 0 Å². The molecule has 0 radical (unpaired) electrons. The average Bonchev–Trinajstić information content (AvgIpc) is 1.94. The fourth-order valence-corrected chi connectivity index (χ4v) is 1.01. The Morgan fingerprint density at radius 3 is 2.70 bits per heavy atom. The molecule has 1 nitrogen and oxygen atoms in total. The Kier molecular flexibility index (Phi) is 2.36. The van der Waals surface area contributed by atoms with Gasteiger partial charge >= 0.3 is 0 Å². The molecule has 0 aromatic heterocycles. The lowest BCUT2D eigenvalue weighted by atomic mass is 9.91. The average molecular weight is 154 g/mol. The van der Waals surface area contributed by atoms with Crippen molar-refractivity contribution in [2.24, 2.45) is 0 Å². The molecule has 0 saturated carbocycles. The highest BCUT2D eigenvalue weighted by molar-refractivity contribution is 6.35. The third kappa shape index (κ3) is 1.52. The standard InChI is InChI=1S/C7H8BClO/c8-7-2-1-6(9)3-5(7)4-10/h1-3,10H,4,8H2. The highest BCUT2D eigenvalue weighted by Gasteiger charge is 1.95. The zero-order valence-corrected chi connectivity index (χ0v) is 6.52. The normalized spacial score (nSPS) is 9.80. The Morgan fingerprint density at radius 1 is 1.50 bits per heavy atom. The molecular formula is C7H8BClO.